The highest BCUT2D eigenvalue weighted by Gasteiger charge is 2.41. The molecule has 178 valence electrons. The number of carbonyl (C=O) groups is 2. The van der Waals surface area contributed by atoms with Crippen LogP contribution in [0.4, 0.5) is 11.4 Å². The van der Waals surface area contributed by atoms with E-state index in [1.807, 2.05) is 91.0 Å². The van der Waals surface area contributed by atoms with Gasteiger partial charge in [-0.15, -0.1) is 0 Å². The van der Waals surface area contributed by atoms with E-state index < -0.39 is 6.04 Å². The van der Waals surface area contributed by atoms with Gasteiger partial charge in [0.15, 0.2) is 5.78 Å². The molecule has 5 heteroatoms. The standard InChI is InChI=1S/C31H26N2O3/c1-36-28-19-7-4-13-23(28)30-29-25(16-9-18-27(29)34)32-24-15-5-6-17-26(24)33(30)31(35)22-14-8-11-20-10-2-3-12-21(20)22/h2-8,10-15,17,19,30,32H,9,16,18H2,1H3. The minimum Gasteiger partial charge on any atom is -0.496 e. The molecule has 4 aromatic rings. The molecule has 5 nitrogen and oxygen atoms in total. The van der Waals surface area contributed by atoms with E-state index in [9.17, 15) is 9.59 Å². The molecule has 0 aromatic heterocycles. The van der Waals surface area contributed by atoms with Crippen molar-refractivity contribution in [2.45, 2.75) is 25.3 Å². The number of ketones is 1. The average molecular weight is 475 g/mol. The maximum Gasteiger partial charge on any atom is 0.259 e. The van der Waals surface area contributed by atoms with E-state index in [-0.39, 0.29) is 11.7 Å². The molecule has 1 atom stereocenters. The van der Waals surface area contributed by atoms with Crippen LogP contribution in [0.2, 0.25) is 0 Å². The van der Waals surface area contributed by atoms with Gasteiger partial charge in [-0.05, 0) is 47.9 Å². The summed E-state index contributed by atoms with van der Waals surface area (Å²) in [5.41, 5.74) is 4.43. The van der Waals surface area contributed by atoms with E-state index in [1.54, 1.807) is 12.0 Å². The Kier molecular flexibility index (Phi) is 5.53. The van der Waals surface area contributed by atoms with Crippen LogP contribution in [0.1, 0.15) is 41.2 Å². The minimum absolute atomic E-state index is 0.0585. The lowest BCUT2D eigenvalue weighted by Gasteiger charge is -2.34. The number of fused-ring (bicyclic) bond motifs is 2. The van der Waals surface area contributed by atoms with Gasteiger partial charge in [0.2, 0.25) is 0 Å². The van der Waals surface area contributed by atoms with Gasteiger partial charge in [-0.25, -0.2) is 0 Å². The Balaban J connectivity index is 1.66. The number of carbonyl (C=O) groups excluding carboxylic acids is 2. The van der Waals surface area contributed by atoms with Crippen molar-refractivity contribution in [2.75, 3.05) is 17.3 Å². The molecule has 0 saturated heterocycles. The molecule has 6 rings (SSSR count). The molecule has 0 saturated carbocycles. The summed E-state index contributed by atoms with van der Waals surface area (Å²) in [5.74, 6) is 0.537. The van der Waals surface area contributed by atoms with Crippen molar-refractivity contribution < 1.29 is 14.3 Å². The van der Waals surface area contributed by atoms with Crippen LogP contribution >= 0.6 is 0 Å². The van der Waals surface area contributed by atoms with Gasteiger partial charge in [0, 0.05) is 28.8 Å². The van der Waals surface area contributed by atoms with E-state index in [4.69, 9.17) is 4.74 Å². The zero-order valence-corrected chi connectivity index (χ0v) is 20.0. The quantitative estimate of drug-likeness (QED) is 0.360. The maximum atomic E-state index is 14.6. The smallest absolute Gasteiger partial charge is 0.259 e. The number of hydrogen-bond acceptors (Lipinski definition) is 4. The van der Waals surface area contributed by atoms with Crippen molar-refractivity contribution in [3.63, 3.8) is 0 Å². The number of methoxy groups -OCH3 is 1. The van der Waals surface area contributed by atoms with Gasteiger partial charge >= 0.3 is 0 Å². The molecule has 0 bridgehead atoms. The molecule has 0 fully saturated rings. The number of ether oxygens (including phenoxy) is 1. The Labute approximate surface area is 210 Å². The molecule has 4 aromatic carbocycles. The number of hydrogen-bond donors (Lipinski definition) is 1. The Morgan fingerprint density at radius 2 is 1.64 bits per heavy atom. The molecule has 1 heterocycles. The fraction of sp³-hybridized carbons (Fsp3) is 0.161. The van der Waals surface area contributed by atoms with Crippen molar-refractivity contribution in [2.24, 2.45) is 0 Å². The molecule has 1 N–H and O–H groups in total. The summed E-state index contributed by atoms with van der Waals surface area (Å²) in [4.78, 5) is 30.0. The van der Waals surface area contributed by atoms with Crippen LogP contribution in [0.15, 0.2) is 102 Å². The lowest BCUT2D eigenvalue weighted by Crippen LogP contribution is -2.38. The number of benzene rings is 4. The second-order valence-electron chi connectivity index (χ2n) is 9.16. The topological polar surface area (TPSA) is 58.6 Å². The lowest BCUT2D eigenvalue weighted by atomic mass is 9.85. The SMILES string of the molecule is COc1ccccc1C1C2=C(CCCC2=O)Nc2ccccc2N1C(=O)c1cccc2ccccc12. The van der Waals surface area contributed by atoms with Crippen molar-refractivity contribution in [1.82, 2.24) is 0 Å². The van der Waals surface area contributed by atoms with E-state index in [0.29, 0.717) is 23.3 Å². The monoisotopic (exact) mass is 474 g/mol. The zero-order chi connectivity index (χ0) is 24.6. The third-order valence-electron chi connectivity index (χ3n) is 7.11. The zero-order valence-electron chi connectivity index (χ0n) is 20.0. The van der Waals surface area contributed by atoms with Gasteiger partial charge in [-0.1, -0.05) is 66.7 Å². The van der Waals surface area contributed by atoms with Gasteiger partial charge in [0.05, 0.1) is 24.5 Å². The average Bonchev–Trinajstić information content (AvgIpc) is 3.07. The highest BCUT2D eigenvalue weighted by Crippen LogP contribution is 2.47. The Hall–Kier alpha value is -4.38. The Morgan fingerprint density at radius 1 is 0.889 bits per heavy atom. The van der Waals surface area contributed by atoms with Crippen LogP contribution in [0.3, 0.4) is 0 Å². The number of rotatable bonds is 3. The van der Waals surface area contributed by atoms with Crippen LogP contribution in [0, 0.1) is 0 Å². The molecule has 1 unspecified atom stereocenters. The van der Waals surface area contributed by atoms with Gasteiger partial charge in [-0.2, -0.15) is 0 Å². The van der Waals surface area contributed by atoms with Gasteiger partial charge in [-0.3, -0.25) is 14.5 Å². The first-order valence-electron chi connectivity index (χ1n) is 12.2. The number of Topliss-reactive ketones (excluding diaryl/α,β-unsaturated/α-hetero) is 1. The number of nitrogens with zero attached hydrogens (tertiary/aromatic N) is 1. The van der Waals surface area contributed by atoms with Crippen LogP contribution in [0.5, 0.6) is 5.75 Å². The fourth-order valence-corrected chi connectivity index (χ4v) is 5.49. The number of allylic oxidation sites excluding steroid dienone is 1. The minimum atomic E-state index is -0.633. The number of anilines is 2. The molecule has 1 aliphatic heterocycles. The Morgan fingerprint density at radius 3 is 2.53 bits per heavy atom. The highest BCUT2D eigenvalue weighted by molar-refractivity contribution is 6.17. The molecular weight excluding hydrogens is 448 g/mol. The second-order valence-corrected chi connectivity index (χ2v) is 9.16. The van der Waals surface area contributed by atoms with Gasteiger partial charge in [0.1, 0.15) is 5.75 Å². The van der Waals surface area contributed by atoms with Gasteiger partial charge in [0.25, 0.3) is 5.91 Å². The molecule has 36 heavy (non-hydrogen) atoms. The van der Waals surface area contributed by atoms with Crippen molar-refractivity contribution in [3.8, 4) is 5.75 Å². The van der Waals surface area contributed by atoms with Gasteiger partial charge < -0.3 is 10.1 Å². The van der Waals surface area contributed by atoms with E-state index in [2.05, 4.69) is 5.32 Å². The fourth-order valence-electron chi connectivity index (χ4n) is 5.49. The predicted molar refractivity (Wildman–Crippen MR) is 142 cm³/mol. The first-order chi connectivity index (χ1) is 17.7. The summed E-state index contributed by atoms with van der Waals surface area (Å²) in [7, 11) is 1.62. The summed E-state index contributed by atoms with van der Waals surface area (Å²) >= 11 is 0. The lowest BCUT2D eigenvalue weighted by molar-refractivity contribution is -0.116. The van der Waals surface area contributed by atoms with Crippen LogP contribution in [-0.2, 0) is 4.79 Å². The molecule has 1 aliphatic carbocycles. The first kappa shape index (κ1) is 22.1. The van der Waals surface area contributed by atoms with E-state index >= 15 is 0 Å². The predicted octanol–water partition coefficient (Wildman–Crippen LogP) is 6.67. The number of nitrogens with one attached hydrogen (secondary N) is 1. The highest BCUT2D eigenvalue weighted by atomic mass is 16.5. The third-order valence-corrected chi connectivity index (χ3v) is 7.11. The number of para-hydroxylation sites is 3. The second kappa shape index (κ2) is 9.00. The molecular formula is C31H26N2O3. The molecule has 1 amide bonds. The van der Waals surface area contributed by atoms with Crippen molar-refractivity contribution in [1.29, 1.82) is 0 Å². The normalized spacial score (nSPS) is 17.2. The molecule has 0 spiro atoms. The summed E-state index contributed by atoms with van der Waals surface area (Å²) in [6.45, 7) is 0. The van der Waals surface area contributed by atoms with Crippen molar-refractivity contribution in [3.05, 3.63) is 113 Å². The van der Waals surface area contributed by atoms with Crippen LogP contribution in [-0.4, -0.2) is 18.8 Å². The first-order valence-corrected chi connectivity index (χ1v) is 12.2. The summed E-state index contributed by atoms with van der Waals surface area (Å²) in [6.07, 6.45) is 1.99. The summed E-state index contributed by atoms with van der Waals surface area (Å²) in [6, 6.07) is 28.5. The van der Waals surface area contributed by atoms with E-state index in [0.717, 1.165) is 46.2 Å². The summed E-state index contributed by atoms with van der Waals surface area (Å²) in [5, 5.41) is 5.40. The van der Waals surface area contributed by atoms with Crippen LogP contribution in [0.25, 0.3) is 10.8 Å². The Bertz CT molecular complexity index is 1530. The summed E-state index contributed by atoms with van der Waals surface area (Å²) < 4.78 is 5.75. The van der Waals surface area contributed by atoms with E-state index in [1.165, 1.54) is 0 Å². The molecule has 2 aliphatic rings. The largest absolute Gasteiger partial charge is 0.496 e. The van der Waals surface area contributed by atoms with Crippen molar-refractivity contribution >= 4 is 33.8 Å². The number of amides is 1. The third kappa shape index (κ3) is 3.55. The van der Waals surface area contributed by atoms with Crippen LogP contribution < -0.4 is 15.0 Å². The molecule has 0 radical (unpaired) electrons. The maximum absolute atomic E-state index is 14.6.